The highest BCUT2D eigenvalue weighted by Crippen LogP contribution is 2.42. The summed E-state index contributed by atoms with van der Waals surface area (Å²) in [6.07, 6.45) is 6.09. The second-order valence-electron chi connectivity index (χ2n) is 8.31. The van der Waals surface area contributed by atoms with Crippen molar-refractivity contribution >= 4 is 8.32 Å². The van der Waals surface area contributed by atoms with Crippen LogP contribution in [0.5, 0.6) is 0 Å². The molecule has 2 atom stereocenters. The maximum absolute atomic E-state index is 9.36. The molecule has 1 rings (SSSR count). The summed E-state index contributed by atoms with van der Waals surface area (Å²) in [5.41, 5.74) is 0.383. The standard InChI is InChI=1S/C16H34O2Si/c1-15(2,3)19(5,6)18-11-10-16(4)9-7-8-14(12-16)13-17/h14,17H,7-13H2,1-6H3. The average Bonchev–Trinajstić information content (AvgIpc) is 2.26. The fourth-order valence-electron chi connectivity index (χ4n) is 2.87. The minimum absolute atomic E-state index is 0.300. The molecule has 0 spiro atoms. The second kappa shape index (κ2) is 6.27. The van der Waals surface area contributed by atoms with E-state index in [4.69, 9.17) is 4.43 Å². The summed E-state index contributed by atoms with van der Waals surface area (Å²) in [6.45, 7) is 15.2. The van der Waals surface area contributed by atoms with E-state index in [2.05, 4.69) is 40.8 Å². The molecular weight excluding hydrogens is 252 g/mol. The van der Waals surface area contributed by atoms with E-state index in [-0.39, 0.29) is 0 Å². The van der Waals surface area contributed by atoms with Gasteiger partial charge in [-0.25, -0.2) is 0 Å². The Hall–Kier alpha value is 0.137. The molecule has 0 amide bonds. The highest BCUT2D eigenvalue weighted by molar-refractivity contribution is 6.74. The molecule has 19 heavy (non-hydrogen) atoms. The van der Waals surface area contributed by atoms with Gasteiger partial charge in [-0.2, -0.15) is 0 Å². The number of hydrogen-bond donors (Lipinski definition) is 1. The number of aliphatic hydroxyl groups is 1. The highest BCUT2D eigenvalue weighted by atomic mass is 28.4. The maximum atomic E-state index is 9.36. The van der Waals surface area contributed by atoms with E-state index in [1.807, 2.05) is 0 Å². The molecule has 0 aromatic heterocycles. The maximum Gasteiger partial charge on any atom is 0.191 e. The zero-order chi connectivity index (χ0) is 14.7. The van der Waals surface area contributed by atoms with Gasteiger partial charge in [0, 0.05) is 13.2 Å². The molecule has 2 unspecified atom stereocenters. The van der Waals surface area contributed by atoms with Crippen LogP contribution in [-0.4, -0.2) is 26.6 Å². The van der Waals surface area contributed by atoms with Gasteiger partial charge in [0.1, 0.15) is 0 Å². The smallest absolute Gasteiger partial charge is 0.191 e. The number of hydrogen-bond acceptors (Lipinski definition) is 2. The molecule has 1 aliphatic rings. The molecule has 0 aromatic rings. The quantitative estimate of drug-likeness (QED) is 0.749. The minimum Gasteiger partial charge on any atom is -0.417 e. The van der Waals surface area contributed by atoms with Crippen molar-refractivity contribution in [2.24, 2.45) is 11.3 Å². The zero-order valence-electron chi connectivity index (χ0n) is 13.9. The van der Waals surface area contributed by atoms with Gasteiger partial charge in [-0.3, -0.25) is 0 Å². The van der Waals surface area contributed by atoms with Gasteiger partial charge in [0.15, 0.2) is 8.32 Å². The van der Waals surface area contributed by atoms with Gasteiger partial charge < -0.3 is 9.53 Å². The van der Waals surface area contributed by atoms with Crippen LogP contribution in [0.15, 0.2) is 0 Å². The van der Waals surface area contributed by atoms with Crippen molar-refractivity contribution in [3.8, 4) is 0 Å². The van der Waals surface area contributed by atoms with Gasteiger partial charge >= 0.3 is 0 Å². The fraction of sp³-hybridized carbons (Fsp3) is 1.00. The lowest BCUT2D eigenvalue weighted by atomic mass is 9.69. The van der Waals surface area contributed by atoms with E-state index >= 15 is 0 Å². The predicted octanol–water partition coefficient (Wildman–Crippen LogP) is 4.59. The van der Waals surface area contributed by atoms with Crippen molar-refractivity contribution in [2.75, 3.05) is 13.2 Å². The lowest BCUT2D eigenvalue weighted by Gasteiger charge is -2.40. The minimum atomic E-state index is -1.60. The molecule has 3 heteroatoms. The molecule has 2 nitrogen and oxygen atoms in total. The normalized spacial score (nSPS) is 29.5. The molecular formula is C16H34O2Si. The Bertz CT molecular complexity index is 283. The first kappa shape index (κ1) is 17.2. The molecule has 1 saturated carbocycles. The van der Waals surface area contributed by atoms with Gasteiger partial charge in [-0.1, -0.05) is 34.1 Å². The van der Waals surface area contributed by atoms with Crippen molar-refractivity contribution in [1.82, 2.24) is 0 Å². The lowest BCUT2D eigenvalue weighted by Crippen LogP contribution is -2.41. The van der Waals surface area contributed by atoms with Crippen molar-refractivity contribution in [1.29, 1.82) is 0 Å². The van der Waals surface area contributed by atoms with Crippen LogP contribution in [0.4, 0.5) is 0 Å². The van der Waals surface area contributed by atoms with Gasteiger partial charge in [0.05, 0.1) is 0 Å². The second-order valence-corrected chi connectivity index (χ2v) is 13.1. The van der Waals surface area contributed by atoms with Crippen LogP contribution < -0.4 is 0 Å². The van der Waals surface area contributed by atoms with Crippen LogP contribution in [-0.2, 0) is 4.43 Å². The summed E-state index contributed by atoms with van der Waals surface area (Å²) in [4.78, 5) is 0. The molecule has 0 bridgehead atoms. The summed E-state index contributed by atoms with van der Waals surface area (Å²) >= 11 is 0. The third-order valence-corrected chi connectivity index (χ3v) is 9.95. The summed E-state index contributed by atoms with van der Waals surface area (Å²) in [7, 11) is -1.60. The van der Waals surface area contributed by atoms with Crippen LogP contribution in [0.1, 0.15) is 59.8 Å². The third-order valence-electron chi connectivity index (χ3n) is 5.41. The lowest BCUT2D eigenvalue weighted by molar-refractivity contribution is 0.0839. The molecule has 114 valence electrons. The Labute approximate surface area is 121 Å². The SMILES string of the molecule is CC1(CCO[Si](C)(C)C(C)(C)C)CCCC(CO)C1. The van der Waals surface area contributed by atoms with E-state index in [0.29, 0.717) is 23.0 Å². The highest BCUT2D eigenvalue weighted by Gasteiger charge is 2.38. The van der Waals surface area contributed by atoms with Gasteiger partial charge in [0.25, 0.3) is 0 Å². The molecule has 0 radical (unpaired) electrons. The molecule has 0 aliphatic heterocycles. The summed E-state index contributed by atoms with van der Waals surface area (Å²) in [6, 6.07) is 0. The van der Waals surface area contributed by atoms with Crippen LogP contribution in [0.2, 0.25) is 18.1 Å². The largest absolute Gasteiger partial charge is 0.417 e. The molecule has 1 fully saturated rings. The number of rotatable bonds is 5. The molecule has 0 heterocycles. The zero-order valence-corrected chi connectivity index (χ0v) is 14.9. The summed E-state index contributed by atoms with van der Waals surface area (Å²) in [5, 5.41) is 9.66. The first-order valence-corrected chi connectivity index (χ1v) is 10.8. The molecule has 0 aromatic carbocycles. The topological polar surface area (TPSA) is 29.5 Å². The van der Waals surface area contributed by atoms with Crippen LogP contribution >= 0.6 is 0 Å². The predicted molar refractivity (Wildman–Crippen MR) is 84.9 cm³/mol. The van der Waals surface area contributed by atoms with E-state index in [1.54, 1.807) is 0 Å². The van der Waals surface area contributed by atoms with Gasteiger partial charge in [-0.05, 0) is 55.1 Å². The Balaban J connectivity index is 2.44. The molecule has 0 saturated heterocycles. The van der Waals surface area contributed by atoms with Crippen molar-refractivity contribution in [3.63, 3.8) is 0 Å². The first-order chi connectivity index (χ1) is 8.60. The van der Waals surface area contributed by atoms with E-state index < -0.39 is 8.32 Å². The van der Waals surface area contributed by atoms with Crippen molar-refractivity contribution in [2.45, 2.75) is 77.9 Å². The third kappa shape index (κ3) is 4.87. The monoisotopic (exact) mass is 286 g/mol. The molecule has 1 N–H and O–H groups in total. The van der Waals surface area contributed by atoms with Crippen molar-refractivity contribution < 1.29 is 9.53 Å². The Morgan fingerprint density at radius 1 is 1.32 bits per heavy atom. The number of aliphatic hydroxyl groups excluding tert-OH is 1. The summed E-state index contributed by atoms with van der Waals surface area (Å²) in [5.74, 6) is 0.520. The average molecular weight is 287 g/mol. The molecule has 1 aliphatic carbocycles. The van der Waals surface area contributed by atoms with Crippen LogP contribution in [0, 0.1) is 11.3 Å². The van der Waals surface area contributed by atoms with Crippen LogP contribution in [0.3, 0.4) is 0 Å². The van der Waals surface area contributed by atoms with Crippen LogP contribution in [0.25, 0.3) is 0 Å². The summed E-state index contributed by atoms with van der Waals surface area (Å²) < 4.78 is 6.31. The Kier molecular flexibility index (Phi) is 5.68. The first-order valence-electron chi connectivity index (χ1n) is 7.84. The van der Waals surface area contributed by atoms with E-state index in [1.165, 1.54) is 25.7 Å². The van der Waals surface area contributed by atoms with E-state index in [9.17, 15) is 5.11 Å². The van der Waals surface area contributed by atoms with Crippen molar-refractivity contribution in [3.05, 3.63) is 0 Å². The van der Waals surface area contributed by atoms with Gasteiger partial charge in [0.2, 0.25) is 0 Å². The van der Waals surface area contributed by atoms with Gasteiger partial charge in [-0.15, -0.1) is 0 Å². The Morgan fingerprint density at radius 3 is 2.47 bits per heavy atom. The van der Waals surface area contributed by atoms with E-state index in [0.717, 1.165) is 13.0 Å². The Morgan fingerprint density at radius 2 is 1.95 bits per heavy atom. The fourth-order valence-corrected chi connectivity index (χ4v) is 3.92.